The van der Waals surface area contributed by atoms with E-state index in [1.807, 2.05) is 69.3 Å². The molecule has 0 aliphatic rings. The Labute approximate surface area is 147 Å². The van der Waals surface area contributed by atoms with E-state index < -0.39 is 0 Å². The summed E-state index contributed by atoms with van der Waals surface area (Å²) in [5.74, 6) is 1.26. The second-order valence-electron chi connectivity index (χ2n) is 6.06. The van der Waals surface area contributed by atoms with Crippen LogP contribution in [0.2, 0.25) is 0 Å². The van der Waals surface area contributed by atoms with E-state index in [1.54, 1.807) is 0 Å². The number of aryl methyl sites for hydroxylation is 3. The molecule has 128 valence electrons. The molecule has 2 N–H and O–H groups in total. The van der Waals surface area contributed by atoms with Crippen molar-refractivity contribution in [2.24, 2.45) is 0 Å². The number of anilines is 1. The van der Waals surface area contributed by atoms with Crippen LogP contribution in [0.4, 0.5) is 10.5 Å². The molecule has 25 heavy (non-hydrogen) atoms. The minimum atomic E-state index is -0.275. The number of rotatable bonds is 4. The predicted octanol–water partition coefficient (Wildman–Crippen LogP) is 4.59. The van der Waals surface area contributed by atoms with Crippen molar-refractivity contribution in [1.29, 1.82) is 0 Å². The SMILES string of the molecule is Cc1ccc(NC(=O)NCc2nc(-c3ccc(C)cc3)oc2C)cc1. The van der Waals surface area contributed by atoms with Gasteiger partial charge < -0.3 is 15.1 Å². The lowest BCUT2D eigenvalue weighted by molar-refractivity contribution is 0.251. The van der Waals surface area contributed by atoms with Gasteiger partial charge >= 0.3 is 6.03 Å². The molecule has 0 bridgehead atoms. The molecule has 0 radical (unpaired) electrons. The van der Waals surface area contributed by atoms with Crippen molar-refractivity contribution in [3.05, 3.63) is 71.1 Å². The molecule has 0 saturated heterocycles. The Morgan fingerprint density at radius 3 is 2.20 bits per heavy atom. The summed E-state index contributed by atoms with van der Waals surface area (Å²) in [6.07, 6.45) is 0. The van der Waals surface area contributed by atoms with Gasteiger partial charge in [0.15, 0.2) is 0 Å². The van der Waals surface area contributed by atoms with Gasteiger partial charge in [0.1, 0.15) is 11.5 Å². The number of oxazole rings is 1. The number of amides is 2. The number of nitrogens with one attached hydrogen (secondary N) is 2. The number of hydrogen-bond acceptors (Lipinski definition) is 3. The molecule has 0 unspecified atom stereocenters. The summed E-state index contributed by atoms with van der Waals surface area (Å²) >= 11 is 0. The average Bonchev–Trinajstić information content (AvgIpc) is 2.97. The van der Waals surface area contributed by atoms with E-state index in [0.29, 0.717) is 18.2 Å². The third-order valence-corrected chi connectivity index (χ3v) is 3.92. The number of carbonyl (C=O) groups excluding carboxylic acids is 1. The highest BCUT2D eigenvalue weighted by atomic mass is 16.4. The van der Waals surface area contributed by atoms with Gasteiger partial charge in [-0.3, -0.25) is 0 Å². The van der Waals surface area contributed by atoms with Gasteiger partial charge in [0.25, 0.3) is 0 Å². The predicted molar refractivity (Wildman–Crippen MR) is 98.5 cm³/mol. The van der Waals surface area contributed by atoms with Gasteiger partial charge in [-0.05, 0) is 45.0 Å². The van der Waals surface area contributed by atoms with Crippen LogP contribution in [-0.4, -0.2) is 11.0 Å². The van der Waals surface area contributed by atoms with E-state index in [0.717, 1.165) is 22.5 Å². The molecule has 1 aromatic heterocycles. The minimum absolute atomic E-state index is 0.275. The molecule has 5 nitrogen and oxygen atoms in total. The van der Waals surface area contributed by atoms with Crippen LogP contribution < -0.4 is 10.6 Å². The zero-order valence-corrected chi connectivity index (χ0v) is 14.6. The molecule has 5 heteroatoms. The van der Waals surface area contributed by atoms with Crippen molar-refractivity contribution in [2.75, 3.05) is 5.32 Å². The first-order chi connectivity index (χ1) is 12.0. The summed E-state index contributed by atoms with van der Waals surface area (Å²) < 4.78 is 5.72. The maximum absolute atomic E-state index is 12.0. The number of urea groups is 1. The Hall–Kier alpha value is -3.08. The van der Waals surface area contributed by atoms with Gasteiger partial charge in [0, 0.05) is 11.3 Å². The van der Waals surface area contributed by atoms with Crippen molar-refractivity contribution in [1.82, 2.24) is 10.3 Å². The highest BCUT2D eigenvalue weighted by molar-refractivity contribution is 5.89. The van der Waals surface area contributed by atoms with Crippen LogP contribution in [0.15, 0.2) is 52.9 Å². The monoisotopic (exact) mass is 335 g/mol. The van der Waals surface area contributed by atoms with Crippen LogP contribution >= 0.6 is 0 Å². The third kappa shape index (κ3) is 4.26. The molecule has 3 aromatic rings. The van der Waals surface area contributed by atoms with E-state index in [-0.39, 0.29) is 6.03 Å². The average molecular weight is 335 g/mol. The largest absolute Gasteiger partial charge is 0.441 e. The highest BCUT2D eigenvalue weighted by Crippen LogP contribution is 2.22. The lowest BCUT2D eigenvalue weighted by Crippen LogP contribution is -2.28. The standard InChI is InChI=1S/C20H21N3O2/c1-13-4-8-16(9-5-13)19-23-18(15(3)25-19)12-21-20(24)22-17-10-6-14(2)7-11-17/h4-11H,12H2,1-3H3,(H2,21,22,24). The Morgan fingerprint density at radius 2 is 1.56 bits per heavy atom. The van der Waals surface area contributed by atoms with Crippen LogP contribution in [0.25, 0.3) is 11.5 Å². The van der Waals surface area contributed by atoms with Crippen molar-refractivity contribution >= 4 is 11.7 Å². The van der Waals surface area contributed by atoms with E-state index >= 15 is 0 Å². The molecular formula is C20H21N3O2. The Balaban J connectivity index is 1.62. The van der Waals surface area contributed by atoms with Crippen molar-refractivity contribution in [2.45, 2.75) is 27.3 Å². The zero-order valence-electron chi connectivity index (χ0n) is 14.6. The summed E-state index contributed by atoms with van der Waals surface area (Å²) in [4.78, 5) is 16.5. The molecule has 0 aliphatic heterocycles. The lowest BCUT2D eigenvalue weighted by atomic mass is 10.1. The molecule has 2 amide bonds. The summed E-state index contributed by atoms with van der Waals surface area (Å²) in [5, 5.41) is 5.60. The summed E-state index contributed by atoms with van der Waals surface area (Å²) in [5.41, 5.74) is 4.72. The van der Waals surface area contributed by atoms with Gasteiger partial charge in [-0.15, -0.1) is 0 Å². The highest BCUT2D eigenvalue weighted by Gasteiger charge is 2.12. The number of aromatic nitrogens is 1. The zero-order chi connectivity index (χ0) is 17.8. The molecule has 3 rings (SSSR count). The summed E-state index contributed by atoms with van der Waals surface area (Å²) in [6.45, 7) is 6.19. The molecule has 0 spiro atoms. The van der Waals surface area contributed by atoms with Gasteiger partial charge in [-0.1, -0.05) is 35.4 Å². The topological polar surface area (TPSA) is 67.2 Å². The second kappa shape index (κ2) is 7.21. The molecule has 0 aliphatic carbocycles. The fourth-order valence-electron chi connectivity index (χ4n) is 2.39. The first kappa shape index (κ1) is 16.8. The molecule has 1 heterocycles. The summed E-state index contributed by atoms with van der Waals surface area (Å²) in [7, 11) is 0. The molecular weight excluding hydrogens is 314 g/mol. The van der Waals surface area contributed by atoms with E-state index in [2.05, 4.69) is 15.6 Å². The maximum Gasteiger partial charge on any atom is 0.319 e. The van der Waals surface area contributed by atoms with Crippen LogP contribution in [0.1, 0.15) is 22.6 Å². The van der Waals surface area contributed by atoms with Gasteiger partial charge in [0.2, 0.25) is 5.89 Å². The first-order valence-electron chi connectivity index (χ1n) is 8.16. The molecule has 0 fully saturated rings. The fraction of sp³-hybridized carbons (Fsp3) is 0.200. The molecule has 0 atom stereocenters. The Bertz CT molecular complexity index is 865. The number of carbonyl (C=O) groups is 1. The van der Waals surface area contributed by atoms with Gasteiger partial charge in [-0.25, -0.2) is 9.78 Å². The minimum Gasteiger partial charge on any atom is -0.441 e. The Morgan fingerprint density at radius 1 is 0.960 bits per heavy atom. The smallest absolute Gasteiger partial charge is 0.319 e. The quantitative estimate of drug-likeness (QED) is 0.733. The molecule has 2 aromatic carbocycles. The van der Waals surface area contributed by atoms with Crippen LogP contribution in [0.5, 0.6) is 0 Å². The summed E-state index contributed by atoms with van der Waals surface area (Å²) in [6, 6.07) is 15.3. The van der Waals surface area contributed by atoms with Gasteiger partial charge in [0.05, 0.1) is 6.54 Å². The maximum atomic E-state index is 12.0. The number of hydrogen-bond donors (Lipinski definition) is 2. The first-order valence-corrected chi connectivity index (χ1v) is 8.16. The number of nitrogens with zero attached hydrogens (tertiary/aromatic N) is 1. The lowest BCUT2D eigenvalue weighted by Gasteiger charge is -2.06. The van der Waals surface area contributed by atoms with Crippen LogP contribution in [0.3, 0.4) is 0 Å². The second-order valence-corrected chi connectivity index (χ2v) is 6.06. The Kier molecular flexibility index (Phi) is 4.84. The fourth-order valence-corrected chi connectivity index (χ4v) is 2.39. The molecule has 0 saturated carbocycles. The van der Waals surface area contributed by atoms with Crippen molar-refractivity contribution in [3.63, 3.8) is 0 Å². The van der Waals surface area contributed by atoms with E-state index in [1.165, 1.54) is 5.56 Å². The normalized spacial score (nSPS) is 10.5. The van der Waals surface area contributed by atoms with Crippen molar-refractivity contribution in [3.8, 4) is 11.5 Å². The van der Waals surface area contributed by atoms with Crippen molar-refractivity contribution < 1.29 is 9.21 Å². The van der Waals surface area contributed by atoms with Crippen LogP contribution in [-0.2, 0) is 6.54 Å². The van der Waals surface area contributed by atoms with Crippen LogP contribution in [0, 0.1) is 20.8 Å². The number of benzene rings is 2. The van der Waals surface area contributed by atoms with Gasteiger partial charge in [-0.2, -0.15) is 0 Å². The van der Waals surface area contributed by atoms with E-state index in [4.69, 9.17) is 4.42 Å². The third-order valence-electron chi connectivity index (χ3n) is 3.92. The van der Waals surface area contributed by atoms with E-state index in [9.17, 15) is 4.79 Å².